The van der Waals surface area contributed by atoms with Crippen LogP contribution in [0.1, 0.15) is 95.9 Å². The summed E-state index contributed by atoms with van der Waals surface area (Å²) in [4.78, 5) is 13.2. The Labute approximate surface area is 272 Å². The molecule has 0 aromatic heterocycles. The predicted molar refractivity (Wildman–Crippen MR) is 189 cm³/mol. The van der Waals surface area contributed by atoms with Crippen molar-refractivity contribution in [1.29, 1.82) is 0 Å². The summed E-state index contributed by atoms with van der Waals surface area (Å²) in [6, 6.07) is 18.7. The van der Waals surface area contributed by atoms with Gasteiger partial charge >= 0.3 is 0 Å². The van der Waals surface area contributed by atoms with Crippen molar-refractivity contribution in [3.63, 3.8) is 0 Å². The Balaban J connectivity index is 2.21. The molecule has 1 saturated heterocycles. The molecule has 0 spiro atoms. The minimum atomic E-state index is -0.943. The lowest BCUT2D eigenvalue weighted by Gasteiger charge is -2.50. The summed E-state index contributed by atoms with van der Waals surface area (Å²) in [5.41, 5.74) is 4.01. The van der Waals surface area contributed by atoms with Gasteiger partial charge < -0.3 is 18.9 Å². The van der Waals surface area contributed by atoms with E-state index in [1.807, 2.05) is 36.4 Å². The van der Waals surface area contributed by atoms with Gasteiger partial charge in [-0.05, 0) is 106 Å². The van der Waals surface area contributed by atoms with Crippen molar-refractivity contribution in [2.45, 2.75) is 131 Å². The maximum absolute atomic E-state index is 13.2. The van der Waals surface area contributed by atoms with Crippen LogP contribution in [0, 0.1) is 0 Å². The van der Waals surface area contributed by atoms with Crippen molar-refractivity contribution >= 4 is 19.0 Å². The van der Waals surface area contributed by atoms with Gasteiger partial charge in [-0.15, -0.1) is 0 Å². The first-order chi connectivity index (χ1) is 21.0. The molecule has 3 aromatic rings. The quantitative estimate of drug-likeness (QED) is 0.197. The molecule has 0 bridgehead atoms. The second-order valence-corrected chi connectivity index (χ2v) is 18.0. The summed E-state index contributed by atoms with van der Waals surface area (Å²) >= 11 is 0. The fourth-order valence-electron chi connectivity index (χ4n) is 6.76. The van der Waals surface area contributed by atoms with Crippen LogP contribution in [0.15, 0.2) is 54.6 Å². The number of carbonyl (C=O) groups is 1. The van der Waals surface area contributed by atoms with Gasteiger partial charge in [0.25, 0.3) is 0 Å². The normalized spacial score (nSPS) is 16.5. The van der Waals surface area contributed by atoms with Gasteiger partial charge in [0.2, 0.25) is 0 Å². The van der Waals surface area contributed by atoms with Crippen molar-refractivity contribution in [3.8, 4) is 45.3 Å². The zero-order valence-corrected chi connectivity index (χ0v) is 30.3. The minimum Gasteiger partial charge on any atom is -0.490 e. The summed E-state index contributed by atoms with van der Waals surface area (Å²) in [5.74, 6) is 3.45. The smallest absolute Gasteiger partial charge is 0.134 e. The number of carbonyl (C=O) groups excluding carboxylic acids is 1. The zero-order chi connectivity index (χ0) is 33.3. The summed E-state index contributed by atoms with van der Waals surface area (Å²) < 4.78 is 26.0. The van der Waals surface area contributed by atoms with Crippen molar-refractivity contribution in [1.82, 2.24) is 0 Å². The fourth-order valence-corrected chi connectivity index (χ4v) is 11.1. The molecular formula is C39H53O5P. The molecule has 244 valence electrons. The van der Waals surface area contributed by atoms with E-state index in [1.54, 1.807) is 0 Å². The summed E-state index contributed by atoms with van der Waals surface area (Å²) in [5, 5.41) is 0.689. The molecule has 1 fully saturated rings. The average molecular weight is 633 g/mol. The molecule has 0 radical (unpaired) electrons. The third-order valence-electron chi connectivity index (χ3n) is 7.70. The van der Waals surface area contributed by atoms with Gasteiger partial charge in [0.1, 0.15) is 28.8 Å². The molecule has 1 heterocycles. The van der Waals surface area contributed by atoms with Gasteiger partial charge in [0.15, 0.2) is 0 Å². The highest BCUT2D eigenvalue weighted by molar-refractivity contribution is 7.69. The van der Waals surface area contributed by atoms with E-state index < -0.39 is 7.92 Å². The minimum absolute atomic E-state index is 0.0261. The van der Waals surface area contributed by atoms with Gasteiger partial charge in [0.05, 0.1) is 35.5 Å². The molecule has 5 nitrogen and oxygen atoms in total. The number of ether oxygens (including phenoxy) is 4. The highest BCUT2D eigenvalue weighted by Gasteiger charge is 2.49. The number of hydrogen-bond acceptors (Lipinski definition) is 5. The van der Waals surface area contributed by atoms with E-state index in [4.69, 9.17) is 18.9 Å². The maximum Gasteiger partial charge on any atom is 0.134 e. The van der Waals surface area contributed by atoms with Crippen LogP contribution >= 0.6 is 7.92 Å². The molecule has 0 saturated carbocycles. The molecular weight excluding hydrogens is 579 g/mol. The van der Waals surface area contributed by atoms with Gasteiger partial charge in [-0.2, -0.15) is 0 Å². The van der Waals surface area contributed by atoms with Crippen molar-refractivity contribution in [2.75, 3.05) is 0 Å². The molecule has 0 unspecified atom stereocenters. The van der Waals surface area contributed by atoms with Crippen LogP contribution in [-0.4, -0.2) is 40.5 Å². The van der Waals surface area contributed by atoms with Crippen molar-refractivity contribution in [2.24, 2.45) is 0 Å². The monoisotopic (exact) mass is 632 g/mol. The van der Waals surface area contributed by atoms with Crippen LogP contribution in [0.5, 0.6) is 23.0 Å². The van der Waals surface area contributed by atoms with Crippen LogP contribution in [-0.2, 0) is 4.79 Å². The first-order valence-electron chi connectivity index (χ1n) is 16.4. The van der Waals surface area contributed by atoms with Crippen molar-refractivity contribution in [3.05, 3.63) is 54.6 Å². The Kier molecular flexibility index (Phi) is 10.6. The first kappa shape index (κ1) is 34.8. The average Bonchev–Trinajstić information content (AvgIpc) is 2.86. The maximum atomic E-state index is 13.2. The Morgan fingerprint density at radius 3 is 1.11 bits per heavy atom. The van der Waals surface area contributed by atoms with Gasteiger partial charge in [-0.25, -0.2) is 0 Å². The highest BCUT2D eigenvalue weighted by atomic mass is 31.1. The fraction of sp³-hybridized carbons (Fsp3) is 0.513. The van der Waals surface area contributed by atoms with E-state index in [1.165, 1.54) is 5.30 Å². The second kappa shape index (κ2) is 13.8. The lowest BCUT2D eigenvalue weighted by Crippen LogP contribution is -2.44. The SMILES string of the molecule is CC(C)Oc1cccc(OC(C)C)c1-c1cccc(-c2c(OC(C)C)cccc2OC(C)C)c1P1C(C)(C)CC(=O)CC1(C)C. The Hall–Kier alpha value is -3.04. The number of benzene rings is 3. The molecule has 0 N–H and O–H groups in total. The van der Waals surface area contributed by atoms with Crippen molar-refractivity contribution < 1.29 is 23.7 Å². The summed E-state index contributed by atoms with van der Waals surface area (Å²) in [6.07, 6.45) is 0.969. The Morgan fingerprint density at radius 2 is 0.822 bits per heavy atom. The Bertz CT molecular complexity index is 1340. The molecule has 1 aliphatic heterocycles. The lowest BCUT2D eigenvalue weighted by atomic mass is 9.95. The molecule has 6 heteroatoms. The zero-order valence-electron chi connectivity index (χ0n) is 29.4. The topological polar surface area (TPSA) is 54.0 Å². The third-order valence-corrected chi connectivity index (χ3v) is 11.4. The molecule has 0 amide bonds. The van der Waals surface area contributed by atoms with E-state index in [9.17, 15) is 4.79 Å². The van der Waals surface area contributed by atoms with Crippen LogP contribution in [0.3, 0.4) is 0 Å². The van der Waals surface area contributed by atoms with E-state index >= 15 is 0 Å². The standard InChI is InChI=1S/C39H53O5P/c1-24(2)41-31-18-14-19-32(42-25(3)4)35(31)29-16-13-17-30(37(29)45-38(9,10)22-28(40)23-39(45,11)12)36-33(43-26(5)6)20-15-21-34(36)44-27(7)8/h13-21,24-27H,22-23H2,1-12H3. The van der Waals surface area contributed by atoms with Gasteiger partial charge in [-0.1, -0.05) is 65.9 Å². The number of ketones is 1. The van der Waals surface area contributed by atoms with Crippen LogP contribution < -0.4 is 24.3 Å². The molecule has 0 aliphatic carbocycles. The molecule has 45 heavy (non-hydrogen) atoms. The molecule has 1 aliphatic rings. The van der Waals surface area contributed by atoms with E-state index in [2.05, 4.69) is 101 Å². The number of rotatable bonds is 11. The van der Waals surface area contributed by atoms with Crippen LogP contribution in [0.2, 0.25) is 0 Å². The van der Waals surface area contributed by atoms with E-state index in [0.717, 1.165) is 45.3 Å². The third kappa shape index (κ3) is 7.86. The summed E-state index contributed by atoms with van der Waals surface area (Å²) in [6.45, 7) is 25.5. The van der Waals surface area contributed by atoms with E-state index in [-0.39, 0.29) is 34.7 Å². The molecule has 3 aromatic carbocycles. The summed E-state index contributed by atoms with van der Waals surface area (Å²) in [7, 11) is -0.943. The molecule has 0 atom stereocenters. The predicted octanol–water partition coefficient (Wildman–Crippen LogP) is 10.2. The lowest BCUT2D eigenvalue weighted by molar-refractivity contribution is -0.120. The van der Waals surface area contributed by atoms with Gasteiger partial charge in [0, 0.05) is 12.8 Å². The second-order valence-electron chi connectivity index (χ2n) is 14.5. The number of hydrogen-bond donors (Lipinski definition) is 0. The van der Waals surface area contributed by atoms with Crippen LogP contribution in [0.25, 0.3) is 22.3 Å². The van der Waals surface area contributed by atoms with Crippen LogP contribution in [0.4, 0.5) is 0 Å². The highest BCUT2D eigenvalue weighted by Crippen LogP contribution is 2.67. The Morgan fingerprint density at radius 1 is 0.533 bits per heavy atom. The largest absolute Gasteiger partial charge is 0.490 e. The molecule has 4 rings (SSSR count). The number of Topliss-reactive ketones (excluding diaryl/α,β-unsaturated/α-hetero) is 1. The first-order valence-corrected chi connectivity index (χ1v) is 17.7. The van der Waals surface area contributed by atoms with Gasteiger partial charge in [-0.3, -0.25) is 4.79 Å². The van der Waals surface area contributed by atoms with E-state index in [0.29, 0.717) is 18.6 Å².